The Balaban J connectivity index is 2.01. The van der Waals surface area contributed by atoms with Gasteiger partial charge in [-0.2, -0.15) is 0 Å². The first-order chi connectivity index (χ1) is 10.2. The maximum atomic E-state index is 13.1. The normalized spacial score (nSPS) is 17.9. The lowest BCUT2D eigenvalue weighted by atomic mass is 9.97. The van der Waals surface area contributed by atoms with Crippen molar-refractivity contribution in [1.82, 2.24) is 0 Å². The summed E-state index contributed by atoms with van der Waals surface area (Å²) >= 11 is 0. The predicted octanol–water partition coefficient (Wildman–Crippen LogP) is 3.26. The van der Waals surface area contributed by atoms with Gasteiger partial charge in [-0.3, -0.25) is 4.99 Å². The highest BCUT2D eigenvalue weighted by Gasteiger charge is 2.29. The molecule has 2 N–H and O–H groups in total. The second kappa shape index (κ2) is 5.56. The van der Waals surface area contributed by atoms with Crippen molar-refractivity contribution >= 4 is 11.6 Å². The Bertz CT molecular complexity index is 664. The molecule has 0 saturated heterocycles. The number of hydrogen-bond donors (Lipinski definition) is 1. The molecule has 2 aromatic carbocycles. The van der Waals surface area contributed by atoms with E-state index in [2.05, 4.69) is 24.0 Å². The van der Waals surface area contributed by atoms with E-state index in [9.17, 15) is 4.39 Å². The Morgan fingerprint density at radius 3 is 2.62 bits per heavy atom. The first kappa shape index (κ1) is 13.6. The van der Waals surface area contributed by atoms with Crippen molar-refractivity contribution in [3.8, 4) is 0 Å². The zero-order chi connectivity index (χ0) is 14.8. The van der Waals surface area contributed by atoms with Crippen LogP contribution < -0.4 is 10.6 Å². The van der Waals surface area contributed by atoms with Crippen molar-refractivity contribution in [3.05, 3.63) is 65.5 Å². The zero-order valence-electron chi connectivity index (χ0n) is 12.0. The lowest BCUT2D eigenvalue weighted by Crippen LogP contribution is -2.36. The van der Waals surface area contributed by atoms with Gasteiger partial charge in [0.15, 0.2) is 5.96 Å². The van der Waals surface area contributed by atoms with E-state index in [1.807, 2.05) is 17.0 Å². The minimum absolute atomic E-state index is 0.0756. The van der Waals surface area contributed by atoms with Crippen LogP contribution in [0, 0.1) is 5.82 Å². The van der Waals surface area contributed by atoms with Gasteiger partial charge in [-0.15, -0.1) is 0 Å². The summed E-state index contributed by atoms with van der Waals surface area (Å²) in [6.07, 6.45) is 0.962. The molecule has 0 spiro atoms. The number of benzene rings is 2. The van der Waals surface area contributed by atoms with Crippen LogP contribution >= 0.6 is 0 Å². The van der Waals surface area contributed by atoms with Gasteiger partial charge in [-0.05, 0) is 41.8 Å². The first-order valence-electron chi connectivity index (χ1n) is 7.13. The number of aliphatic imine (C=N–C) groups is 1. The van der Waals surface area contributed by atoms with E-state index < -0.39 is 0 Å². The SMILES string of the molecule is CCc1ccccc1C1CN=C(N)N1c1ccc(F)cc1. The molecule has 21 heavy (non-hydrogen) atoms. The number of guanidine groups is 1. The molecule has 0 aromatic heterocycles. The number of anilines is 1. The van der Waals surface area contributed by atoms with Crippen LogP contribution in [-0.4, -0.2) is 12.5 Å². The largest absolute Gasteiger partial charge is 0.369 e. The van der Waals surface area contributed by atoms with Crippen LogP contribution in [0.4, 0.5) is 10.1 Å². The van der Waals surface area contributed by atoms with E-state index in [-0.39, 0.29) is 11.9 Å². The predicted molar refractivity (Wildman–Crippen MR) is 83.9 cm³/mol. The summed E-state index contributed by atoms with van der Waals surface area (Å²) < 4.78 is 13.1. The Labute approximate surface area is 123 Å². The molecule has 3 nitrogen and oxygen atoms in total. The molecule has 1 aliphatic heterocycles. The summed E-state index contributed by atoms with van der Waals surface area (Å²) in [6, 6.07) is 14.8. The minimum atomic E-state index is -0.251. The van der Waals surface area contributed by atoms with Crippen molar-refractivity contribution in [1.29, 1.82) is 0 Å². The van der Waals surface area contributed by atoms with Gasteiger partial charge >= 0.3 is 0 Å². The molecule has 1 unspecified atom stereocenters. The second-order valence-corrected chi connectivity index (χ2v) is 5.11. The molecule has 108 valence electrons. The highest BCUT2D eigenvalue weighted by atomic mass is 19.1. The molecule has 1 atom stereocenters. The van der Waals surface area contributed by atoms with Crippen molar-refractivity contribution in [2.24, 2.45) is 10.7 Å². The Hall–Kier alpha value is -2.36. The lowest BCUT2D eigenvalue weighted by molar-refractivity contribution is 0.627. The minimum Gasteiger partial charge on any atom is -0.369 e. The molecule has 0 aliphatic carbocycles. The summed E-state index contributed by atoms with van der Waals surface area (Å²) in [6.45, 7) is 2.76. The van der Waals surface area contributed by atoms with Crippen LogP contribution in [-0.2, 0) is 6.42 Å². The molecule has 2 aromatic rings. The summed E-state index contributed by atoms with van der Waals surface area (Å²) in [5, 5.41) is 0. The fourth-order valence-corrected chi connectivity index (χ4v) is 2.83. The standard InChI is InChI=1S/C17H18FN3/c1-2-12-5-3-4-6-15(12)16-11-20-17(19)21(16)14-9-7-13(18)8-10-14/h3-10,16H,2,11H2,1H3,(H2,19,20). The van der Waals surface area contributed by atoms with Crippen molar-refractivity contribution in [2.75, 3.05) is 11.4 Å². The summed E-state index contributed by atoms with van der Waals surface area (Å²) in [5.74, 6) is 0.233. The fourth-order valence-electron chi connectivity index (χ4n) is 2.83. The number of nitrogens with zero attached hydrogens (tertiary/aromatic N) is 2. The molecule has 4 heteroatoms. The average Bonchev–Trinajstić information content (AvgIpc) is 2.90. The van der Waals surface area contributed by atoms with E-state index in [4.69, 9.17) is 5.73 Å². The summed E-state index contributed by atoms with van der Waals surface area (Å²) in [5.41, 5.74) is 9.44. The van der Waals surface area contributed by atoms with Gasteiger partial charge in [0.2, 0.25) is 0 Å². The zero-order valence-corrected chi connectivity index (χ0v) is 12.0. The maximum absolute atomic E-state index is 13.1. The second-order valence-electron chi connectivity index (χ2n) is 5.11. The fraction of sp³-hybridized carbons (Fsp3) is 0.235. The van der Waals surface area contributed by atoms with Gasteiger partial charge in [0.05, 0.1) is 12.6 Å². The lowest BCUT2D eigenvalue weighted by Gasteiger charge is -2.28. The van der Waals surface area contributed by atoms with Crippen LogP contribution in [0.2, 0.25) is 0 Å². The Morgan fingerprint density at radius 2 is 1.90 bits per heavy atom. The maximum Gasteiger partial charge on any atom is 0.196 e. The van der Waals surface area contributed by atoms with E-state index in [0.29, 0.717) is 12.5 Å². The highest BCUT2D eigenvalue weighted by molar-refractivity contribution is 5.97. The Morgan fingerprint density at radius 1 is 1.19 bits per heavy atom. The van der Waals surface area contributed by atoms with Crippen LogP contribution in [0.3, 0.4) is 0 Å². The van der Waals surface area contributed by atoms with Crippen LogP contribution in [0.1, 0.15) is 24.1 Å². The first-order valence-corrected chi connectivity index (χ1v) is 7.13. The number of nitrogens with two attached hydrogens (primary N) is 1. The van der Waals surface area contributed by atoms with Crippen LogP contribution in [0.5, 0.6) is 0 Å². The van der Waals surface area contributed by atoms with E-state index in [0.717, 1.165) is 12.1 Å². The van der Waals surface area contributed by atoms with Gasteiger partial charge in [-0.25, -0.2) is 4.39 Å². The van der Waals surface area contributed by atoms with Gasteiger partial charge in [0.25, 0.3) is 0 Å². The van der Waals surface area contributed by atoms with E-state index >= 15 is 0 Å². The molecule has 0 fully saturated rings. The average molecular weight is 283 g/mol. The number of halogens is 1. The smallest absolute Gasteiger partial charge is 0.196 e. The van der Waals surface area contributed by atoms with E-state index in [1.54, 1.807) is 12.1 Å². The van der Waals surface area contributed by atoms with Gasteiger partial charge in [0, 0.05) is 5.69 Å². The van der Waals surface area contributed by atoms with Crippen molar-refractivity contribution < 1.29 is 4.39 Å². The molecule has 3 rings (SSSR count). The third kappa shape index (κ3) is 2.49. The number of rotatable bonds is 3. The third-order valence-corrected chi connectivity index (χ3v) is 3.88. The molecular formula is C17H18FN3. The van der Waals surface area contributed by atoms with Crippen molar-refractivity contribution in [3.63, 3.8) is 0 Å². The molecule has 0 bridgehead atoms. The highest BCUT2D eigenvalue weighted by Crippen LogP contribution is 2.32. The van der Waals surface area contributed by atoms with Crippen LogP contribution in [0.25, 0.3) is 0 Å². The Kier molecular flexibility index (Phi) is 3.60. The van der Waals surface area contributed by atoms with Crippen LogP contribution in [0.15, 0.2) is 53.5 Å². The molecule has 0 saturated carbocycles. The number of aryl methyl sites for hydroxylation is 1. The quantitative estimate of drug-likeness (QED) is 0.939. The molecule has 0 amide bonds. The molecule has 1 aliphatic rings. The molecule has 0 radical (unpaired) electrons. The monoisotopic (exact) mass is 283 g/mol. The van der Waals surface area contributed by atoms with Gasteiger partial charge in [-0.1, -0.05) is 31.2 Å². The number of hydrogen-bond acceptors (Lipinski definition) is 3. The topological polar surface area (TPSA) is 41.6 Å². The van der Waals surface area contributed by atoms with E-state index in [1.165, 1.54) is 23.3 Å². The summed E-state index contributed by atoms with van der Waals surface area (Å²) in [4.78, 5) is 6.36. The molecule has 1 heterocycles. The molecular weight excluding hydrogens is 265 g/mol. The van der Waals surface area contributed by atoms with Crippen molar-refractivity contribution in [2.45, 2.75) is 19.4 Å². The summed E-state index contributed by atoms with van der Waals surface area (Å²) in [7, 11) is 0. The third-order valence-electron chi connectivity index (χ3n) is 3.88. The van der Waals surface area contributed by atoms with Gasteiger partial charge < -0.3 is 10.6 Å². The van der Waals surface area contributed by atoms with Gasteiger partial charge in [0.1, 0.15) is 5.82 Å².